The molecule has 0 radical (unpaired) electrons. The lowest BCUT2D eigenvalue weighted by Gasteiger charge is -2.36. The van der Waals surface area contributed by atoms with E-state index in [2.05, 4.69) is 21.2 Å². The average molecular weight is 375 g/mol. The Morgan fingerprint density at radius 2 is 2.14 bits per heavy atom. The normalized spacial score (nSPS) is 18.5. The van der Waals surface area contributed by atoms with Crippen molar-refractivity contribution in [3.63, 3.8) is 0 Å². The summed E-state index contributed by atoms with van der Waals surface area (Å²) in [6.07, 6.45) is 0. The Labute approximate surface area is 137 Å². The lowest BCUT2D eigenvalue weighted by atomic mass is 10.1. The van der Waals surface area contributed by atoms with E-state index in [9.17, 15) is 9.59 Å². The van der Waals surface area contributed by atoms with Gasteiger partial charge >= 0.3 is 0 Å². The highest BCUT2D eigenvalue weighted by Gasteiger charge is 2.34. The molecule has 0 aromatic heterocycles. The first-order valence-electron chi connectivity index (χ1n) is 6.59. The molecule has 1 N–H and O–H groups in total. The molecular weight excluding hydrogens is 358 g/mol. The van der Waals surface area contributed by atoms with Gasteiger partial charge in [-0.1, -0.05) is 27.5 Å². The predicted octanol–water partition coefficient (Wildman–Crippen LogP) is 1.60. The van der Waals surface area contributed by atoms with Crippen LogP contribution < -0.4 is 5.32 Å². The van der Waals surface area contributed by atoms with Crippen LogP contribution in [0.3, 0.4) is 0 Å². The van der Waals surface area contributed by atoms with Crippen LogP contribution in [0.2, 0.25) is 5.02 Å². The highest BCUT2D eigenvalue weighted by atomic mass is 79.9. The van der Waals surface area contributed by atoms with E-state index in [4.69, 9.17) is 11.6 Å². The first-order chi connectivity index (χ1) is 9.91. The lowest BCUT2D eigenvalue weighted by molar-refractivity contribution is -0.134. The molecule has 5 nitrogen and oxygen atoms in total. The number of halogens is 2. The Bertz CT molecular complexity index is 565. The van der Waals surface area contributed by atoms with Crippen LogP contribution in [0.15, 0.2) is 22.7 Å². The van der Waals surface area contributed by atoms with Crippen LogP contribution in [0, 0.1) is 0 Å². The molecule has 1 aromatic carbocycles. The topological polar surface area (TPSA) is 52.7 Å². The molecule has 7 heteroatoms. The number of carbonyl (C=O) groups is 2. The number of nitrogens with zero attached hydrogens (tertiary/aromatic N) is 2. The van der Waals surface area contributed by atoms with E-state index in [-0.39, 0.29) is 11.8 Å². The maximum Gasteiger partial charge on any atom is 0.256 e. The molecule has 2 rings (SSSR count). The van der Waals surface area contributed by atoms with E-state index in [1.54, 1.807) is 37.2 Å². The van der Waals surface area contributed by atoms with Gasteiger partial charge in [0.1, 0.15) is 6.04 Å². The van der Waals surface area contributed by atoms with Gasteiger partial charge in [0.2, 0.25) is 5.91 Å². The molecule has 1 saturated heterocycles. The first-order valence-corrected chi connectivity index (χ1v) is 7.77. The standard InChI is InChI=1S/C14H17BrClN3O2/c1-18(2)14(21)12-8-17-5-6-19(12)13(20)10-7-9(15)3-4-11(10)16/h3-4,7,12,17H,5-6,8H2,1-2H3. The van der Waals surface area contributed by atoms with Crippen molar-refractivity contribution >= 4 is 39.3 Å². The van der Waals surface area contributed by atoms with Crippen LogP contribution in [0.1, 0.15) is 10.4 Å². The average Bonchev–Trinajstić information content (AvgIpc) is 2.48. The summed E-state index contributed by atoms with van der Waals surface area (Å²) in [7, 11) is 3.37. The largest absolute Gasteiger partial charge is 0.347 e. The van der Waals surface area contributed by atoms with Gasteiger partial charge in [-0.3, -0.25) is 9.59 Å². The van der Waals surface area contributed by atoms with Crippen molar-refractivity contribution in [3.8, 4) is 0 Å². The molecule has 0 saturated carbocycles. The second-order valence-corrected chi connectivity index (χ2v) is 6.40. The number of nitrogens with one attached hydrogen (secondary N) is 1. The van der Waals surface area contributed by atoms with Crippen LogP contribution in [0.4, 0.5) is 0 Å². The molecule has 0 bridgehead atoms. The molecule has 1 aliphatic heterocycles. The second-order valence-electron chi connectivity index (χ2n) is 5.08. The summed E-state index contributed by atoms with van der Waals surface area (Å²) < 4.78 is 0.779. The third-order valence-electron chi connectivity index (χ3n) is 3.39. The smallest absolute Gasteiger partial charge is 0.256 e. The van der Waals surface area contributed by atoms with Crippen molar-refractivity contribution in [2.75, 3.05) is 33.7 Å². The first kappa shape index (κ1) is 16.3. The Hall–Kier alpha value is -1.11. The van der Waals surface area contributed by atoms with Crippen LogP contribution in [-0.4, -0.2) is 61.4 Å². The quantitative estimate of drug-likeness (QED) is 0.855. The molecular formula is C14H17BrClN3O2. The highest BCUT2D eigenvalue weighted by molar-refractivity contribution is 9.10. The minimum Gasteiger partial charge on any atom is -0.347 e. The van der Waals surface area contributed by atoms with Gasteiger partial charge in [0, 0.05) is 38.2 Å². The Morgan fingerprint density at radius 3 is 2.81 bits per heavy atom. The van der Waals surface area contributed by atoms with Gasteiger partial charge < -0.3 is 15.1 Å². The van der Waals surface area contributed by atoms with E-state index < -0.39 is 6.04 Å². The van der Waals surface area contributed by atoms with Gasteiger partial charge in [0.15, 0.2) is 0 Å². The lowest BCUT2D eigenvalue weighted by Crippen LogP contribution is -2.59. The predicted molar refractivity (Wildman–Crippen MR) is 85.5 cm³/mol. The van der Waals surface area contributed by atoms with Gasteiger partial charge in [-0.2, -0.15) is 0 Å². The minimum atomic E-state index is -0.503. The summed E-state index contributed by atoms with van der Waals surface area (Å²) in [6, 6.07) is 4.63. The number of piperazine rings is 1. The Morgan fingerprint density at radius 1 is 1.43 bits per heavy atom. The fourth-order valence-electron chi connectivity index (χ4n) is 2.28. The van der Waals surface area contributed by atoms with E-state index in [1.165, 1.54) is 4.90 Å². The minimum absolute atomic E-state index is 0.0957. The van der Waals surface area contributed by atoms with Crippen molar-refractivity contribution in [1.29, 1.82) is 0 Å². The molecule has 0 spiro atoms. The summed E-state index contributed by atoms with van der Waals surface area (Å²) in [5.41, 5.74) is 0.407. The van der Waals surface area contributed by atoms with Crippen molar-refractivity contribution in [3.05, 3.63) is 33.3 Å². The molecule has 114 valence electrons. The summed E-state index contributed by atoms with van der Waals surface area (Å²) in [6.45, 7) is 1.59. The van der Waals surface area contributed by atoms with Crippen molar-refractivity contribution in [2.45, 2.75) is 6.04 Å². The Balaban J connectivity index is 2.30. The Kier molecular flexibility index (Phi) is 5.24. The monoisotopic (exact) mass is 373 g/mol. The fourth-order valence-corrected chi connectivity index (χ4v) is 2.84. The molecule has 1 heterocycles. The zero-order valence-corrected chi connectivity index (χ0v) is 14.2. The van der Waals surface area contributed by atoms with E-state index in [0.717, 1.165) is 4.47 Å². The summed E-state index contributed by atoms with van der Waals surface area (Å²) in [5, 5.41) is 3.54. The molecule has 1 aromatic rings. The third-order valence-corrected chi connectivity index (χ3v) is 4.21. The van der Waals surface area contributed by atoms with Gasteiger partial charge in [-0.05, 0) is 18.2 Å². The SMILES string of the molecule is CN(C)C(=O)C1CNCCN1C(=O)c1cc(Br)ccc1Cl. The third kappa shape index (κ3) is 3.56. The number of hydrogen-bond donors (Lipinski definition) is 1. The summed E-state index contributed by atoms with van der Waals surface area (Å²) in [4.78, 5) is 28.1. The van der Waals surface area contributed by atoms with Crippen molar-refractivity contribution in [1.82, 2.24) is 15.1 Å². The zero-order valence-electron chi connectivity index (χ0n) is 11.9. The van der Waals surface area contributed by atoms with Crippen LogP contribution >= 0.6 is 27.5 Å². The molecule has 1 fully saturated rings. The van der Waals surface area contributed by atoms with Gasteiger partial charge in [-0.25, -0.2) is 0 Å². The van der Waals surface area contributed by atoms with Gasteiger partial charge in [0.25, 0.3) is 5.91 Å². The number of hydrogen-bond acceptors (Lipinski definition) is 3. The molecule has 1 aliphatic rings. The van der Waals surface area contributed by atoms with Crippen molar-refractivity contribution < 1.29 is 9.59 Å². The van der Waals surface area contributed by atoms with Gasteiger partial charge in [-0.15, -0.1) is 0 Å². The number of carbonyl (C=O) groups excluding carboxylic acids is 2. The zero-order chi connectivity index (χ0) is 15.6. The van der Waals surface area contributed by atoms with Crippen LogP contribution in [0.25, 0.3) is 0 Å². The van der Waals surface area contributed by atoms with Crippen molar-refractivity contribution in [2.24, 2.45) is 0 Å². The van der Waals surface area contributed by atoms with E-state index in [1.807, 2.05) is 0 Å². The molecule has 2 amide bonds. The number of rotatable bonds is 2. The molecule has 1 unspecified atom stereocenters. The van der Waals surface area contributed by atoms with Gasteiger partial charge in [0.05, 0.1) is 10.6 Å². The molecule has 1 atom stereocenters. The number of amides is 2. The molecule has 21 heavy (non-hydrogen) atoms. The summed E-state index contributed by atoms with van der Waals surface area (Å²) in [5.74, 6) is -0.315. The molecule has 0 aliphatic carbocycles. The second kappa shape index (κ2) is 6.77. The van der Waals surface area contributed by atoms with E-state index in [0.29, 0.717) is 30.2 Å². The summed E-state index contributed by atoms with van der Waals surface area (Å²) >= 11 is 9.46. The maximum absolute atomic E-state index is 12.7. The van der Waals surface area contributed by atoms with Crippen LogP contribution in [-0.2, 0) is 4.79 Å². The highest BCUT2D eigenvalue weighted by Crippen LogP contribution is 2.23. The maximum atomic E-state index is 12.7. The van der Waals surface area contributed by atoms with E-state index >= 15 is 0 Å². The van der Waals surface area contributed by atoms with Crippen LogP contribution in [0.5, 0.6) is 0 Å². The number of likely N-dealkylation sites (N-methyl/N-ethyl adjacent to an activating group) is 1. The number of benzene rings is 1. The fraction of sp³-hybridized carbons (Fsp3) is 0.429.